The predicted molar refractivity (Wildman–Crippen MR) is 72.1 cm³/mol. The third-order valence-electron chi connectivity index (χ3n) is 3.90. The van der Waals surface area contributed by atoms with Gasteiger partial charge in [-0.2, -0.15) is 0 Å². The van der Waals surface area contributed by atoms with Crippen LogP contribution < -0.4 is 5.32 Å². The van der Waals surface area contributed by atoms with Crippen molar-refractivity contribution in [2.75, 3.05) is 11.9 Å². The summed E-state index contributed by atoms with van der Waals surface area (Å²) < 4.78 is 0.895. The van der Waals surface area contributed by atoms with Gasteiger partial charge in [-0.3, -0.25) is 0 Å². The lowest BCUT2D eigenvalue weighted by atomic mass is 10.1. The summed E-state index contributed by atoms with van der Waals surface area (Å²) >= 11 is 3.46. The zero-order valence-electron chi connectivity index (χ0n) is 10.3. The van der Waals surface area contributed by atoms with Crippen LogP contribution in [0.1, 0.15) is 44.9 Å². The first kappa shape index (κ1) is 11.5. The smallest absolute Gasteiger partial charge is 0.135 e. The highest BCUT2D eigenvalue weighted by atomic mass is 79.9. The molecule has 0 amide bonds. The fraction of sp³-hybridized carbons (Fsp3) is 0.692. The number of nitrogens with zero attached hydrogens (tertiary/aromatic N) is 2. The zero-order valence-corrected chi connectivity index (χ0v) is 11.9. The van der Waals surface area contributed by atoms with Gasteiger partial charge in [-0.1, -0.05) is 13.8 Å². The largest absolute Gasteiger partial charge is 0.370 e. The van der Waals surface area contributed by atoms with Crippen LogP contribution in [-0.4, -0.2) is 16.5 Å². The number of anilines is 1. The fourth-order valence-corrected chi connectivity index (χ4v) is 2.60. The van der Waals surface area contributed by atoms with Crippen molar-refractivity contribution in [2.24, 2.45) is 11.3 Å². The Morgan fingerprint density at radius 2 is 2.12 bits per heavy atom. The maximum absolute atomic E-state index is 4.59. The molecular formula is C13H18BrN3. The lowest BCUT2D eigenvalue weighted by Crippen LogP contribution is -2.09. The summed E-state index contributed by atoms with van der Waals surface area (Å²) in [5.41, 5.74) is 0.524. The molecule has 2 aliphatic carbocycles. The Morgan fingerprint density at radius 1 is 1.41 bits per heavy atom. The van der Waals surface area contributed by atoms with Crippen molar-refractivity contribution >= 4 is 21.7 Å². The van der Waals surface area contributed by atoms with E-state index in [4.69, 9.17) is 0 Å². The summed E-state index contributed by atoms with van der Waals surface area (Å²) in [6.45, 7) is 5.68. The van der Waals surface area contributed by atoms with Gasteiger partial charge in [0.05, 0.1) is 0 Å². The Bertz CT molecular complexity index is 440. The lowest BCUT2D eigenvalue weighted by Gasteiger charge is -2.08. The molecule has 0 spiro atoms. The Labute approximate surface area is 111 Å². The number of nitrogens with one attached hydrogen (secondary N) is 1. The van der Waals surface area contributed by atoms with Gasteiger partial charge in [-0.05, 0) is 46.5 Å². The predicted octanol–water partition coefficient (Wildman–Crippen LogP) is 3.57. The molecule has 0 bridgehead atoms. The summed E-state index contributed by atoms with van der Waals surface area (Å²) in [6.07, 6.45) is 3.80. The molecule has 2 fully saturated rings. The van der Waals surface area contributed by atoms with Crippen molar-refractivity contribution in [1.82, 2.24) is 9.97 Å². The van der Waals surface area contributed by atoms with Gasteiger partial charge in [0.1, 0.15) is 16.2 Å². The highest BCUT2D eigenvalue weighted by molar-refractivity contribution is 9.10. The van der Waals surface area contributed by atoms with Crippen LogP contribution in [-0.2, 0) is 0 Å². The van der Waals surface area contributed by atoms with Crippen molar-refractivity contribution in [3.63, 3.8) is 0 Å². The average molecular weight is 296 g/mol. The van der Waals surface area contributed by atoms with E-state index in [9.17, 15) is 0 Å². The van der Waals surface area contributed by atoms with Gasteiger partial charge in [-0.15, -0.1) is 0 Å². The van der Waals surface area contributed by atoms with Crippen molar-refractivity contribution in [3.05, 3.63) is 16.5 Å². The Balaban J connectivity index is 1.66. The van der Waals surface area contributed by atoms with Crippen molar-refractivity contribution in [2.45, 2.75) is 39.0 Å². The summed E-state index contributed by atoms with van der Waals surface area (Å²) in [5.74, 6) is 3.36. The number of halogens is 1. The Hall–Kier alpha value is -0.640. The zero-order chi connectivity index (χ0) is 12.0. The van der Waals surface area contributed by atoms with Crippen molar-refractivity contribution < 1.29 is 0 Å². The van der Waals surface area contributed by atoms with Crippen LogP contribution in [0, 0.1) is 11.3 Å². The SMILES string of the molecule is CC1(C)CC1CNc1cc(Br)nc(C2CC2)n1. The number of aromatic nitrogens is 2. The minimum absolute atomic E-state index is 0.524. The molecule has 1 atom stereocenters. The van der Waals surface area contributed by atoms with Gasteiger partial charge in [0.25, 0.3) is 0 Å². The van der Waals surface area contributed by atoms with Gasteiger partial charge in [0.15, 0.2) is 0 Å². The highest BCUT2D eigenvalue weighted by Crippen LogP contribution is 2.51. The van der Waals surface area contributed by atoms with E-state index in [0.29, 0.717) is 11.3 Å². The van der Waals surface area contributed by atoms with E-state index in [0.717, 1.165) is 28.7 Å². The summed E-state index contributed by atoms with van der Waals surface area (Å²) in [7, 11) is 0. The first-order valence-electron chi connectivity index (χ1n) is 6.33. The van der Waals surface area contributed by atoms with E-state index in [1.54, 1.807) is 0 Å². The van der Waals surface area contributed by atoms with Gasteiger partial charge in [0.2, 0.25) is 0 Å². The molecular weight excluding hydrogens is 278 g/mol. The molecule has 1 heterocycles. The molecule has 1 unspecified atom stereocenters. The third kappa shape index (κ3) is 2.62. The van der Waals surface area contributed by atoms with E-state index in [1.807, 2.05) is 6.07 Å². The molecule has 3 nitrogen and oxygen atoms in total. The summed E-state index contributed by atoms with van der Waals surface area (Å²) in [6, 6.07) is 1.97. The molecule has 2 saturated carbocycles. The van der Waals surface area contributed by atoms with Crippen molar-refractivity contribution in [3.8, 4) is 0 Å². The molecule has 4 heteroatoms. The molecule has 17 heavy (non-hydrogen) atoms. The molecule has 0 aliphatic heterocycles. The third-order valence-corrected chi connectivity index (χ3v) is 4.31. The van der Waals surface area contributed by atoms with Crippen LogP contribution in [0.15, 0.2) is 10.7 Å². The number of hydrogen-bond donors (Lipinski definition) is 1. The molecule has 3 rings (SSSR count). The summed E-state index contributed by atoms with van der Waals surface area (Å²) in [4.78, 5) is 9.02. The second kappa shape index (κ2) is 3.94. The minimum Gasteiger partial charge on any atom is -0.370 e. The van der Waals surface area contributed by atoms with Crippen LogP contribution in [0.5, 0.6) is 0 Å². The van der Waals surface area contributed by atoms with E-state index >= 15 is 0 Å². The standard InChI is InChI=1S/C13H18BrN3/c1-13(2)6-9(13)7-15-11-5-10(14)16-12(17-11)8-3-4-8/h5,8-9H,3-4,6-7H2,1-2H3,(H,15,16,17). The first-order chi connectivity index (χ1) is 8.04. The van der Waals surface area contributed by atoms with Gasteiger partial charge >= 0.3 is 0 Å². The number of hydrogen-bond acceptors (Lipinski definition) is 3. The fourth-order valence-electron chi connectivity index (χ4n) is 2.20. The second-order valence-corrected chi connectivity index (χ2v) is 6.79. The Kier molecular flexibility index (Phi) is 2.65. The van der Waals surface area contributed by atoms with Crippen LogP contribution in [0.25, 0.3) is 0 Å². The number of rotatable bonds is 4. The summed E-state index contributed by atoms with van der Waals surface area (Å²) in [5, 5.41) is 3.44. The average Bonchev–Trinajstić information content (AvgIpc) is 3.11. The minimum atomic E-state index is 0.524. The monoisotopic (exact) mass is 295 g/mol. The van der Waals surface area contributed by atoms with E-state index in [-0.39, 0.29) is 0 Å². The van der Waals surface area contributed by atoms with E-state index < -0.39 is 0 Å². The maximum atomic E-state index is 4.59. The van der Waals surface area contributed by atoms with Gasteiger partial charge < -0.3 is 5.32 Å². The molecule has 2 aliphatic rings. The molecule has 0 radical (unpaired) electrons. The van der Waals surface area contributed by atoms with Crippen LogP contribution in [0.3, 0.4) is 0 Å². The maximum Gasteiger partial charge on any atom is 0.135 e. The molecule has 1 aromatic heterocycles. The molecule has 92 valence electrons. The molecule has 0 aromatic carbocycles. The topological polar surface area (TPSA) is 37.8 Å². The first-order valence-corrected chi connectivity index (χ1v) is 7.12. The van der Waals surface area contributed by atoms with Gasteiger partial charge in [-0.25, -0.2) is 9.97 Å². The van der Waals surface area contributed by atoms with Crippen LogP contribution >= 0.6 is 15.9 Å². The van der Waals surface area contributed by atoms with Crippen molar-refractivity contribution in [1.29, 1.82) is 0 Å². The van der Waals surface area contributed by atoms with Gasteiger partial charge in [0, 0.05) is 18.5 Å². The molecule has 0 saturated heterocycles. The molecule has 1 aromatic rings. The Morgan fingerprint density at radius 3 is 2.71 bits per heavy atom. The van der Waals surface area contributed by atoms with Crippen LogP contribution in [0.2, 0.25) is 0 Å². The van der Waals surface area contributed by atoms with Crippen LogP contribution in [0.4, 0.5) is 5.82 Å². The lowest BCUT2D eigenvalue weighted by molar-refractivity contribution is 0.572. The second-order valence-electron chi connectivity index (χ2n) is 5.98. The van der Waals surface area contributed by atoms with E-state index in [2.05, 4.69) is 45.1 Å². The normalized spacial score (nSPS) is 25.7. The highest BCUT2D eigenvalue weighted by Gasteiger charge is 2.45. The molecule has 1 N–H and O–H groups in total. The quantitative estimate of drug-likeness (QED) is 0.863. The van der Waals surface area contributed by atoms with E-state index in [1.165, 1.54) is 19.3 Å².